The number of methoxy groups -OCH3 is 1. The van der Waals surface area contributed by atoms with Crippen LogP contribution in [0.25, 0.3) is 11.4 Å². The van der Waals surface area contributed by atoms with E-state index in [9.17, 15) is 0 Å². The Morgan fingerprint density at radius 3 is 2.86 bits per heavy atom. The molecule has 1 unspecified atom stereocenters. The minimum Gasteiger partial charge on any atom is -0.497 e. The van der Waals surface area contributed by atoms with Gasteiger partial charge in [0, 0.05) is 24.1 Å². The topological polar surface area (TPSA) is 69.4 Å². The van der Waals surface area contributed by atoms with Gasteiger partial charge in [-0.2, -0.15) is 4.98 Å². The number of aromatic nitrogens is 2. The number of ether oxygens (including phenoxy) is 2. The van der Waals surface area contributed by atoms with Crippen molar-refractivity contribution in [2.75, 3.05) is 7.11 Å². The maximum absolute atomic E-state index is 6.14. The molecule has 6 heteroatoms. The zero-order valence-corrected chi connectivity index (χ0v) is 16.7. The van der Waals surface area contributed by atoms with E-state index < -0.39 is 0 Å². The Morgan fingerprint density at radius 1 is 1.21 bits per heavy atom. The molecule has 1 N–H and O–H groups in total. The Labute approximate surface area is 164 Å². The quantitative estimate of drug-likeness (QED) is 0.688. The minimum absolute atomic E-state index is 0.0860. The summed E-state index contributed by atoms with van der Waals surface area (Å²) in [5, 5.41) is 7.57. The first kappa shape index (κ1) is 18.5. The third kappa shape index (κ3) is 3.73. The summed E-state index contributed by atoms with van der Waals surface area (Å²) in [4.78, 5) is 4.54. The maximum Gasteiger partial charge on any atom is 0.243 e. The minimum atomic E-state index is -0.151. The summed E-state index contributed by atoms with van der Waals surface area (Å²) in [5.41, 5.74) is 3.11. The molecular formula is C22H25N3O3. The number of fused-ring (bicyclic) bond motifs is 1. The molecule has 0 radical (unpaired) electrons. The lowest BCUT2D eigenvalue weighted by Crippen LogP contribution is -2.25. The standard InChI is InChI=1S/C22H25N3O3/c1-14(21-24-20(25-28-21)15-7-6-10-18(11-15)26-4)23-13-17-9-5-8-16-12-22(2,3)27-19(16)17/h5-11,14,23H,12-13H2,1-4H3. The van der Waals surface area contributed by atoms with E-state index in [2.05, 4.69) is 47.5 Å². The number of nitrogens with one attached hydrogen (secondary N) is 1. The van der Waals surface area contributed by atoms with Crippen LogP contribution in [0.4, 0.5) is 0 Å². The fourth-order valence-corrected chi connectivity index (χ4v) is 3.46. The first-order valence-corrected chi connectivity index (χ1v) is 9.46. The van der Waals surface area contributed by atoms with Crippen molar-refractivity contribution < 1.29 is 14.0 Å². The van der Waals surface area contributed by atoms with Crippen LogP contribution in [0, 0.1) is 0 Å². The van der Waals surface area contributed by atoms with Gasteiger partial charge in [0.2, 0.25) is 11.7 Å². The van der Waals surface area contributed by atoms with E-state index >= 15 is 0 Å². The molecule has 2 heterocycles. The highest BCUT2D eigenvalue weighted by Gasteiger charge is 2.31. The predicted octanol–water partition coefficient (Wildman–Crippen LogP) is 4.31. The maximum atomic E-state index is 6.14. The summed E-state index contributed by atoms with van der Waals surface area (Å²) in [6.45, 7) is 6.91. The summed E-state index contributed by atoms with van der Waals surface area (Å²) >= 11 is 0. The van der Waals surface area contributed by atoms with Gasteiger partial charge in [-0.05, 0) is 38.5 Å². The molecule has 0 amide bonds. The largest absolute Gasteiger partial charge is 0.497 e. The average molecular weight is 379 g/mol. The van der Waals surface area contributed by atoms with Gasteiger partial charge in [-0.15, -0.1) is 0 Å². The van der Waals surface area contributed by atoms with Crippen molar-refractivity contribution in [1.29, 1.82) is 0 Å². The molecule has 146 valence electrons. The summed E-state index contributed by atoms with van der Waals surface area (Å²) in [6.07, 6.45) is 0.930. The van der Waals surface area contributed by atoms with E-state index in [1.54, 1.807) is 7.11 Å². The number of rotatable bonds is 6. The number of hydrogen-bond donors (Lipinski definition) is 1. The smallest absolute Gasteiger partial charge is 0.243 e. The lowest BCUT2D eigenvalue weighted by Gasteiger charge is -2.18. The van der Waals surface area contributed by atoms with Crippen molar-refractivity contribution in [2.24, 2.45) is 0 Å². The first-order chi connectivity index (χ1) is 13.4. The first-order valence-electron chi connectivity index (χ1n) is 9.46. The molecule has 0 spiro atoms. The summed E-state index contributed by atoms with van der Waals surface area (Å²) < 4.78 is 16.9. The third-order valence-corrected chi connectivity index (χ3v) is 4.91. The predicted molar refractivity (Wildman–Crippen MR) is 106 cm³/mol. The van der Waals surface area contributed by atoms with Gasteiger partial charge >= 0.3 is 0 Å². The molecule has 28 heavy (non-hydrogen) atoms. The van der Waals surface area contributed by atoms with Crippen molar-refractivity contribution in [3.8, 4) is 22.9 Å². The van der Waals surface area contributed by atoms with Gasteiger partial charge in [-0.1, -0.05) is 35.5 Å². The van der Waals surface area contributed by atoms with E-state index in [1.807, 2.05) is 31.2 Å². The van der Waals surface area contributed by atoms with Gasteiger partial charge in [0.15, 0.2) is 0 Å². The van der Waals surface area contributed by atoms with Crippen LogP contribution < -0.4 is 14.8 Å². The van der Waals surface area contributed by atoms with Gasteiger partial charge in [0.05, 0.1) is 13.2 Å². The van der Waals surface area contributed by atoms with E-state index in [4.69, 9.17) is 14.0 Å². The number of para-hydroxylation sites is 1. The Morgan fingerprint density at radius 2 is 2.04 bits per heavy atom. The monoisotopic (exact) mass is 379 g/mol. The molecule has 6 nitrogen and oxygen atoms in total. The highest BCUT2D eigenvalue weighted by Crippen LogP contribution is 2.37. The fourth-order valence-electron chi connectivity index (χ4n) is 3.46. The lowest BCUT2D eigenvalue weighted by atomic mass is 10.0. The normalized spacial score (nSPS) is 15.7. The number of hydrogen-bond acceptors (Lipinski definition) is 6. The molecule has 0 saturated heterocycles. The summed E-state index contributed by atoms with van der Waals surface area (Å²) in [7, 11) is 1.64. The fraction of sp³-hybridized carbons (Fsp3) is 0.364. The molecule has 0 aliphatic carbocycles. The second kappa shape index (κ2) is 7.28. The third-order valence-electron chi connectivity index (χ3n) is 4.91. The van der Waals surface area contributed by atoms with Crippen LogP contribution in [0.3, 0.4) is 0 Å². The molecule has 1 atom stereocenters. The van der Waals surface area contributed by atoms with Crippen LogP contribution in [-0.2, 0) is 13.0 Å². The Balaban J connectivity index is 1.45. The second-order valence-electron chi connectivity index (χ2n) is 7.73. The Hall–Kier alpha value is -2.86. The molecule has 0 fully saturated rings. The molecule has 1 aliphatic rings. The zero-order valence-electron chi connectivity index (χ0n) is 16.7. The molecule has 4 rings (SSSR count). The number of benzene rings is 2. The van der Waals surface area contributed by atoms with Gasteiger partial charge < -0.3 is 19.3 Å². The van der Waals surface area contributed by atoms with Crippen LogP contribution in [0.1, 0.15) is 43.8 Å². The highest BCUT2D eigenvalue weighted by atomic mass is 16.5. The van der Waals surface area contributed by atoms with E-state index in [-0.39, 0.29) is 11.6 Å². The molecule has 0 bridgehead atoms. The van der Waals surface area contributed by atoms with E-state index in [0.29, 0.717) is 18.3 Å². The molecule has 3 aromatic rings. The van der Waals surface area contributed by atoms with Gasteiger partial charge in [-0.3, -0.25) is 0 Å². The Kier molecular flexibility index (Phi) is 4.81. The highest BCUT2D eigenvalue weighted by molar-refractivity contribution is 5.56. The van der Waals surface area contributed by atoms with Gasteiger partial charge in [0.25, 0.3) is 0 Å². The molecule has 2 aromatic carbocycles. The van der Waals surface area contributed by atoms with Crippen molar-refractivity contribution >= 4 is 0 Å². The van der Waals surface area contributed by atoms with Gasteiger partial charge in [0.1, 0.15) is 17.1 Å². The summed E-state index contributed by atoms with van der Waals surface area (Å²) in [5.74, 6) is 2.85. The van der Waals surface area contributed by atoms with Crippen LogP contribution >= 0.6 is 0 Å². The van der Waals surface area contributed by atoms with Crippen LogP contribution in [0.5, 0.6) is 11.5 Å². The lowest BCUT2D eigenvalue weighted by molar-refractivity contribution is 0.137. The van der Waals surface area contributed by atoms with Crippen LogP contribution in [0.2, 0.25) is 0 Å². The van der Waals surface area contributed by atoms with Crippen molar-refractivity contribution in [3.05, 3.63) is 59.5 Å². The van der Waals surface area contributed by atoms with Crippen LogP contribution in [0.15, 0.2) is 47.0 Å². The van der Waals surface area contributed by atoms with Crippen LogP contribution in [-0.4, -0.2) is 22.9 Å². The molecule has 1 aromatic heterocycles. The number of nitrogens with zero attached hydrogens (tertiary/aromatic N) is 2. The van der Waals surface area contributed by atoms with Crippen molar-refractivity contribution in [1.82, 2.24) is 15.5 Å². The SMILES string of the molecule is COc1cccc(-c2noc(C(C)NCc3cccc4c3OC(C)(C)C4)n2)c1. The Bertz CT molecular complexity index is 981. The van der Waals surface area contributed by atoms with E-state index in [0.717, 1.165) is 29.0 Å². The summed E-state index contributed by atoms with van der Waals surface area (Å²) in [6, 6.07) is 13.8. The second-order valence-corrected chi connectivity index (χ2v) is 7.73. The molecular weight excluding hydrogens is 354 g/mol. The average Bonchev–Trinajstić information content (AvgIpc) is 3.29. The van der Waals surface area contributed by atoms with Crippen molar-refractivity contribution in [2.45, 2.75) is 45.4 Å². The molecule has 0 saturated carbocycles. The molecule has 1 aliphatic heterocycles. The van der Waals surface area contributed by atoms with Crippen molar-refractivity contribution in [3.63, 3.8) is 0 Å². The van der Waals surface area contributed by atoms with E-state index in [1.165, 1.54) is 5.56 Å². The van der Waals surface area contributed by atoms with Gasteiger partial charge in [-0.25, -0.2) is 0 Å². The zero-order chi connectivity index (χ0) is 19.7.